The van der Waals surface area contributed by atoms with E-state index < -0.39 is 4.92 Å². The molecule has 17 heavy (non-hydrogen) atoms. The van der Waals surface area contributed by atoms with Gasteiger partial charge in [0.15, 0.2) is 0 Å². The normalized spacial score (nSPS) is 19.6. The van der Waals surface area contributed by atoms with Crippen molar-refractivity contribution in [1.29, 1.82) is 0 Å². The van der Waals surface area contributed by atoms with Gasteiger partial charge in [0.2, 0.25) is 11.6 Å². The number of aromatic nitrogens is 2. The molecule has 1 aliphatic rings. The fraction of sp³-hybridized carbons (Fsp3) is 0.600. The van der Waals surface area contributed by atoms with Gasteiger partial charge < -0.3 is 10.6 Å². The van der Waals surface area contributed by atoms with E-state index in [1.165, 1.54) is 6.33 Å². The van der Waals surface area contributed by atoms with Crippen LogP contribution in [0.15, 0.2) is 6.33 Å². The van der Waals surface area contributed by atoms with Crippen molar-refractivity contribution in [2.24, 2.45) is 0 Å². The molecule has 0 aromatic carbocycles. The van der Waals surface area contributed by atoms with Gasteiger partial charge in [-0.05, 0) is 19.3 Å². The monoisotopic (exact) mass is 237 g/mol. The summed E-state index contributed by atoms with van der Waals surface area (Å²) >= 11 is 0. The maximum Gasteiger partial charge on any atom is 0.353 e. The smallest absolute Gasteiger partial charge is 0.353 e. The van der Waals surface area contributed by atoms with Gasteiger partial charge in [0.1, 0.15) is 6.33 Å². The lowest BCUT2D eigenvalue weighted by Crippen LogP contribution is -2.30. The van der Waals surface area contributed by atoms with Crippen LogP contribution in [0.2, 0.25) is 0 Å². The van der Waals surface area contributed by atoms with Gasteiger partial charge in [-0.25, -0.2) is 9.97 Å². The van der Waals surface area contributed by atoms with E-state index >= 15 is 0 Å². The van der Waals surface area contributed by atoms with E-state index in [0.29, 0.717) is 11.9 Å². The zero-order chi connectivity index (χ0) is 12.4. The van der Waals surface area contributed by atoms with E-state index in [4.69, 9.17) is 5.73 Å². The van der Waals surface area contributed by atoms with Crippen LogP contribution < -0.4 is 10.6 Å². The third-order valence-corrected chi connectivity index (χ3v) is 3.13. The van der Waals surface area contributed by atoms with Crippen molar-refractivity contribution in [1.82, 2.24) is 9.97 Å². The van der Waals surface area contributed by atoms with Gasteiger partial charge in [0.05, 0.1) is 4.92 Å². The molecule has 1 aliphatic heterocycles. The van der Waals surface area contributed by atoms with Crippen LogP contribution in [0.4, 0.5) is 17.3 Å². The van der Waals surface area contributed by atoms with Gasteiger partial charge in [-0.15, -0.1) is 0 Å². The molecule has 2 N–H and O–H groups in total. The first-order valence-corrected chi connectivity index (χ1v) is 5.66. The summed E-state index contributed by atoms with van der Waals surface area (Å²) in [6, 6.07) is 0.308. The summed E-state index contributed by atoms with van der Waals surface area (Å²) in [4.78, 5) is 20.2. The number of nitrogen functional groups attached to an aromatic ring is 1. The van der Waals surface area contributed by atoms with Crippen LogP contribution >= 0.6 is 0 Å². The molecule has 1 unspecified atom stereocenters. The molecule has 7 nitrogen and oxygen atoms in total. The van der Waals surface area contributed by atoms with Crippen molar-refractivity contribution in [3.63, 3.8) is 0 Å². The molecule has 1 fully saturated rings. The Bertz CT molecular complexity index is 437. The Labute approximate surface area is 98.8 Å². The SMILES string of the molecule is CCC1CCCN1c1ncnc(N)c1[N+](=O)[O-]. The van der Waals surface area contributed by atoms with E-state index in [0.717, 1.165) is 25.8 Å². The van der Waals surface area contributed by atoms with Crippen molar-refractivity contribution in [3.8, 4) is 0 Å². The molecule has 92 valence electrons. The summed E-state index contributed by atoms with van der Waals surface area (Å²) in [5, 5.41) is 11.0. The molecule has 2 heterocycles. The van der Waals surface area contributed by atoms with E-state index in [2.05, 4.69) is 16.9 Å². The summed E-state index contributed by atoms with van der Waals surface area (Å²) in [5.41, 5.74) is 5.38. The molecule has 7 heteroatoms. The van der Waals surface area contributed by atoms with E-state index in [9.17, 15) is 10.1 Å². The molecule has 0 amide bonds. The van der Waals surface area contributed by atoms with Gasteiger partial charge in [-0.1, -0.05) is 6.92 Å². The number of nitrogens with zero attached hydrogens (tertiary/aromatic N) is 4. The highest BCUT2D eigenvalue weighted by molar-refractivity contribution is 5.69. The molecule has 1 atom stereocenters. The van der Waals surface area contributed by atoms with Crippen molar-refractivity contribution in [3.05, 3.63) is 16.4 Å². The zero-order valence-corrected chi connectivity index (χ0v) is 9.67. The Morgan fingerprint density at radius 3 is 3.06 bits per heavy atom. The minimum absolute atomic E-state index is 0.0678. The molecule has 0 bridgehead atoms. The maximum absolute atomic E-state index is 11.0. The Kier molecular flexibility index (Phi) is 3.08. The van der Waals surface area contributed by atoms with Crippen LogP contribution in [0.1, 0.15) is 26.2 Å². The van der Waals surface area contributed by atoms with Crippen LogP contribution in [0.5, 0.6) is 0 Å². The average molecular weight is 237 g/mol. The van der Waals surface area contributed by atoms with Crippen molar-refractivity contribution < 1.29 is 4.92 Å². The molecule has 1 saturated heterocycles. The maximum atomic E-state index is 11.0. The molecular weight excluding hydrogens is 222 g/mol. The van der Waals surface area contributed by atoms with Crippen LogP contribution in [0, 0.1) is 10.1 Å². The second-order valence-corrected chi connectivity index (χ2v) is 4.09. The Hall–Kier alpha value is -1.92. The second-order valence-electron chi connectivity index (χ2n) is 4.09. The quantitative estimate of drug-likeness (QED) is 0.629. The molecule has 1 aromatic rings. The molecule has 0 saturated carbocycles. The lowest BCUT2D eigenvalue weighted by atomic mass is 10.2. The van der Waals surface area contributed by atoms with E-state index in [-0.39, 0.29) is 11.5 Å². The Morgan fingerprint density at radius 1 is 1.65 bits per heavy atom. The molecular formula is C10H15N5O2. The van der Waals surface area contributed by atoms with Crippen molar-refractivity contribution in [2.45, 2.75) is 32.2 Å². The summed E-state index contributed by atoms with van der Waals surface area (Å²) in [5.74, 6) is 0.286. The standard InChI is InChI=1S/C10H15N5O2/c1-2-7-4-3-5-14(7)10-8(15(16)17)9(11)12-6-13-10/h6-7H,2-5H2,1H3,(H2,11,12,13). The minimum Gasteiger partial charge on any atom is -0.378 e. The molecule has 0 spiro atoms. The lowest BCUT2D eigenvalue weighted by Gasteiger charge is -2.24. The summed E-state index contributed by atoms with van der Waals surface area (Å²) in [6.07, 6.45) is 4.29. The zero-order valence-electron chi connectivity index (χ0n) is 9.67. The lowest BCUT2D eigenvalue weighted by molar-refractivity contribution is -0.383. The number of hydrogen-bond acceptors (Lipinski definition) is 6. The number of nitro groups is 1. The molecule has 0 aliphatic carbocycles. The topological polar surface area (TPSA) is 98.2 Å². The van der Waals surface area contributed by atoms with Crippen LogP contribution in [0.25, 0.3) is 0 Å². The Balaban J connectivity index is 2.44. The largest absolute Gasteiger partial charge is 0.378 e. The molecule has 2 rings (SSSR count). The van der Waals surface area contributed by atoms with Crippen molar-refractivity contribution in [2.75, 3.05) is 17.2 Å². The number of nitrogens with two attached hydrogens (primary N) is 1. The van der Waals surface area contributed by atoms with Crippen LogP contribution in [-0.2, 0) is 0 Å². The van der Waals surface area contributed by atoms with Gasteiger partial charge in [-0.3, -0.25) is 10.1 Å². The summed E-state index contributed by atoms with van der Waals surface area (Å²) in [7, 11) is 0. The average Bonchev–Trinajstić information content (AvgIpc) is 2.75. The first-order valence-electron chi connectivity index (χ1n) is 5.66. The first-order chi connectivity index (χ1) is 8.15. The third kappa shape index (κ3) is 2.00. The van der Waals surface area contributed by atoms with Crippen molar-refractivity contribution >= 4 is 17.3 Å². The van der Waals surface area contributed by atoms with Gasteiger partial charge >= 0.3 is 5.69 Å². The highest BCUT2D eigenvalue weighted by atomic mass is 16.6. The molecule has 0 radical (unpaired) electrons. The summed E-state index contributed by atoms with van der Waals surface area (Å²) < 4.78 is 0. The van der Waals surface area contributed by atoms with E-state index in [1.807, 2.05) is 4.90 Å². The highest BCUT2D eigenvalue weighted by Gasteiger charge is 2.31. The van der Waals surface area contributed by atoms with Gasteiger partial charge in [0, 0.05) is 12.6 Å². The second kappa shape index (κ2) is 4.52. The predicted molar refractivity (Wildman–Crippen MR) is 63.8 cm³/mol. The number of hydrogen-bond donors (Lipinski definition) is 1. The van der Waals surface area contributed by atoms with E-state index in [1.54, 1.807) is 0 Å². The minimum atomic E-state index is -0.504. The third-order valence-electron chi connectivity index (χ3n) is 3.13. The van der Waals surface area contributed by atoms with Gasteiger partial charge in [0.25, 0.3) is 0 Å². The molecule has 1 aromatic heterocycles. The fourth-order valence-corrected chi connectivity index (χ4v) is 2.31. The first kappa shape index (κ1) is 11.6. The van der Waals surface area contributed by atoms with Gasteiger partial charge in [-0.2, -0.15) is 0 Å². The number of anilines is 2. The van der Waals surface area contributed by atoms with Crippen LogP contribution in [0.3, 0.4) is 0 Å². The summed E-state index contributed by atoms with van der Waals surface area (Å²) in [6.45, 7) is 2.86. The predicted octanol–water partition coefficient (Wildman–Crippen LogP) is 1.35. The van der Waals surface area contributed by atoms with Crippen LogP contribution in [-0.4, -0.2) is 27.5 Å². The fourth-order valence-electron chi connectivity index (χ4n) is 2.31. The highest BCUT2D eigenvalue weighted by Crippen LogP contribution is 2.34. The number of rotatable bonds is 3. The Morgan fingerprint density at radius 2 is 2.41 bits per heavy atom.